The number of hydrogen-bond acceptors (Lipinski definition) is 3. The van der Waals surface area contributed by atoms with Gasteiger partial charge in [0.2, 0.25) is 0 Å². The Kier molecular flexibility index (Phi) is 3.87. The normalized spacial score (nSPS) is 28.1. The van der Waals surface area contributed by atoms with E-state index in [1.165, 1.54) is 43.5 Å². The van der Waals surface area contributed by atoms with E-state index >= 15 is 0 Å². The van der Waals surface area contributed by atoms with Crippen LogP contribution < -0.4 is 11.2 Å². The number of aryl methyl sites for hydroxylation is 1. The van der Waals surface area contributed by atoms with E-state index in [0.717, 1.165) is 25.8 Å². The van der Waals surface area contributed by atoms with Gasteiger partial charge in [-0.2, -0.15) is 0 Å². The molecule has 19 heavy (non-hydrogen) atoms. The van der Waals surface area contributed by atoms with Gasteiger partial charge >= 0.3 is 0 Å². The van der Waals surface area contributed by atoms with Crippen molar-refractivity contribution in [2.24, 2.45) is 5.73 Å². The van der Waals surface area contributed by atoms with Gasteiger partial charge in [-0.15, -0.1) is 0 Å². The van der Waals surface area contributed by atoms with Crippen molar-refractivity contribution in [2.75, 3.05) is 19.6 Å². The van der Waals surface area contributed by atoms with Crippen LogP contribution in [-0.2, 0) is 12.8 Å². The summed E-state index contributed by atoms with van der Waals surface area (Å²) in [4.78, 5) is 0. The molecule has 1 unspecified atom stereocenters. The van der Waals surface area contributed by atoms with E-state index in [-0.39, 0.29) is 5.54 Å². The van der Waals surface area contributed by atoms with Crippen LogP contribution in [0.2, 0.25) is 0 Å². The van der Waals surface area contributed by atoms with Gasteiger partial charge in [-0.3, -0.25) is 0 Å². The van der Waals surface area contributed by atoms with Gasteiger partial charge in [-0.05, 0) is 43.2 Å². The van der Waals surface area contributed by atoms with Crippen LogP contribution >= 0.6 is 0 Å². The topological polar surface area (TPSA) is 41.3 Å². The lowest BCUT2D eigenvalue weighted by molar-refractivity contribution is 0.0749. The Morgan fingerprint density at radius 3 is 2.58 bits per heavy atom. The zero-order valence-corrected chi connectivity index (χ0v) is 11.7. The molecule has 0 bridgehead atoms. The molecule has 1 aliphatic carbocycles. The van der Waals surface area contributed by atoms with E-state index in [4.69, 9.17) is 5.73 Å². The van der Waals surface area contributed by atoms with E-state index in [0.29, 0.717) is 0 Å². The highest BCUT2D eigenvalue weighted by Gasteiger charge is 2.34. The van der Waals surface area contributed by atoms with Crippen LogP contribution in [-0.4, -0.2) is 30.2 Å². The highest BCUT2D eigenvalue weighted by molar-refractivity contribution is 5.32. The Morgan fingerprint density at radius 2 is 1.84 bits per heavy atom. The highest BCUT2D eigenvalue weighted by Crippen LogP contribution is 2.28. The van der Waals surface area contributed by atoms with Gasteiger partial charge in [0.1, 0.15) is 0 Å². The Labute approximate surface area is 116 Å². The van der Waals surface area contributed by atoms with Crippen LogP contribution in [0.3, 0.4) is 0 Å². The summed E-state index contributed by atoms with van der Waals surface area (Å²) in [7, 11) is 0. The van der Waals surface area contributed by atoms with Gasteiger partial charge in [0.25, 0.3) is 0 Å². The number of hydrogen-bond donors (Lipinski definition) is 2. The highest BCUT2D eigenvalue weighted by atomic mass is 15.5. The molecule has 3 nitrogen and oxygen atoms in total. The van der Waals surface area contributed by atoms with E-state index in [9.17, 15) is 0 Å². The number of hydrazine groups is 1. The first-order valence-corrected chi connectivity index (χ1v) is 7.61. The molecular formula is C16H25N3. The van der Waals surface area contributed by atoms with Crippen molar-refractivity contribution in [1.29, 1.82) is 0 Å². The average molecular weight is 259 g/mol. The van der Waals surface area contributed by atoms with Gasteiger partial charge in [0, 0.05) is 25.2 Å². The molecule has 2 aliphatic rings. The fourth-order valence-corrected chi connectivity index (χ4v) is 3.46. The molecule has 3 rings (SSSR count). The minimum atomic E-state index is 0.0751. The third-order valence-electron chi connectivity index (χ3n) is 4.66. The molecule has 1 atom stereocenters. The second kappa shape index (κ2) is 5.61. The molecule has 104 valence electrons. The molecule has 1 aromatic rings. The minimum absolute atomic E-state index is 0.0751. The van der Waals surface area contributed by atoms with E-state index in [1.54, 1.807) is 0 Å². The van der Waals surface area contributed by atoms with Crippen molar-refractivity contribution in [3.63, 3.8) is 0 Å². The van der Waals surface area contributed by atoms with Crippen LogP contribution in [0.15, 0.2) is 24.3 Å². The quantitative estimate of drug-likeness (QED) is 0.870. The largest absolute Gasteiger partial charge is 0.329 e. The first-order chi connectivity index (χ1) is 9.31. The van der Waals surface area contributed by atoms with Gasteiger partial charge < -0.3 is 5.73 Å². The molecule has 1 aliphatic heterocycles. The number of piperidine rings is 1. The predicted octanol–water partition coefficient (Wildman–Crippen LogP) is 1.86. The predicted molar refractivity (Wildman–Crippen MR) is 78.8 cm³/mol. The molecule has 3 heteroatoms. The fourth-order valence-electron chi connectivity index (χ4n) is 3.46. The minimum Gasteiger partial charge on any atom is -0.329 e. The maximum atomic E-state index is 6.12. The molecular weight excluding hydrogens is 234 g/mol. The van der Waals surface area contributed by atoms with Gasteiger partial charge in [0.05, 0.1) is 0 Å². The summed E-state index contributed by atoms with van der Waals surface area (Å²) in [6.07, 6.45) is 7.35. The number of nitrogens with zero attached hydrogens (tertiary/aromatic N) is 1. The first-order valence-electron chi connectivity index (χ1n) is 7.61. The van der Waals surface area contributed by atoms with Crippen molar-refractivity contribution in [3.05, 3.63) is 35.4 Å². The van der Waals surface area contributed by atoms with Crippen molar-refractivity contribution in [1.82, 2.24) is 10.4 Å². The lowest BCUT2D eigenvalue weighted by atomic mass is 9.78. The zero-order valence-electron chi connectivity index (χ0n) is 11.7. The van der Waals surface area contributed by atoms with E-state index < -0.39 is 0 Å². The Bertz CT molecular complexity index is 426. The molecule has 0 saturated carbocycles. The fraction of sp³-hybridized carbons (Fsp3) is 0.625. The molecule has 0 amide bonds. The number of benzene rings is 1. The first kappa shape index (κ1) is 13.1. The van der Waals surface area contributed by atoms with Crippen LogP contribution in [0.4, 0.5) is 0 Å². The summed E-state index contributed by atoms with van der Waals surface area (Å²) >= 11 is 0. The van der Waals surface area contributed by atoms with Crippen molar-refractivity contribution in [2.45, 2.75) is 44.1 Å². The van der Waals surface area contributed by atoms with Crippen molar-refractivity contribution in [3.8, 4) is 0 Å². The molecule has 0 aromatic heterocycles. The van der Waals surface area contributed by atoms with Crippen LogP contribution in [0.1, 0.15) is 36.8 Å². The molecule has 1 saturated heterocycles. The van der Waals surface area contributed by atoms with E-state index in [1.807, 2.05) is 0 Å². The van der Waals surface area contributed by atoms with Gasteiger partial charge in [-0.25, -0.2) is 10.4 Å². The lowest BCUT2D eigenvalue weighted by Crippen LogP contribution is -2.61. The molecule has 0 spiro atoms. The third kappa shape index (κ3) is 2.83. The maximum absolute atomic E-state index is 6.12. The van der Waals surface area contributed by atoms with Crippen molar-refractivity contribution < 1.29 is 0 Å². The zero-order chi connectivity index (χ0) is 13.1. The summed E-state index contributed by atoms with van der Waals surface area (Å²) in [5.41, 5.74) is 13.0. The SMILES string of the molecule is NCC1(NN2CCCCC2)CCc2ccccc2C1. The van der Waals surface area contributed by atoms with Gasteiger partial charge in [0.15, 0.2) is 0 Å². The summed E-state index contributed by atoms with van der Waals surface area (Å²) in [5.74, 6) is 0. The average Bonchev–Trinajstić information content (AvgIpc) is 2.48. The second-order valence-electron chi connectivity index (χ2n) is 6.09. The number of rotatable bonds is 3. The lowest BCUT2D eigenvalue weighted by Gasteiger charge is -2.43. The number of fused-ring (bicyclic) bond motifs is 1. The second-order valence-corrected chi connectivity index (χ2v) is 6.09. The van der Waals surface area contributed by atoms with Crippen LogP contribution in [0.25, 0.3) is 0 Å². The van der Waals surface area contributed by atoms with E-state index in [2.05, 4.69) is 34.7 Å². The summed E-state index contributed by atoms with van der Waals surface area (Å²) in [5, 5.41) is 2.41. The summed E-state index contributed by atoms with van der Waals surface area (Å²) < 4.78 is 0. The maximum Gasteiger partial charge on any atom is 0.0491 e. The molecule has 1 aromatic carbocycles. The smallest absolute Gasteiger partial charge is 0.0491 e. The Hall–Kier alpha value is -0.900. The molecule has 0 radical (unpaired) electrons. The third-order valence-corrected chi connectivity index (χ3v) is 4.66. The monoisotopic (exact) mass is 259 g/mol. The Balaban J connectivity index is 1.73. The van der Waals surface area contributed by atoms with Gasteiger partial charge in [-0.1, -0.05) is 30.7 Å². The standard InChI is InChI=1S/C16H25N3/c17-13-16(18-19-10-4-1-5-11-19)9-8-14-6-2-3-7-15(14)12-16/h2-3,6-7,18H,1,4-5,8-13,17H2. The van der Waals surface area contributed by atoms with Crippen molar-refractivity contribution >= 4 is 0 Å². The molecule has 3 N–H and O–H groups in total. The summed E-state index contributed by atoms with van der Waals surface area (Å²) in [6.45, 7) is 3.06. The molecule has 1 heterocycles. The number of nitrogens with two attached hydrogens (primary N) is 1. The van der Waals surface area contributed by atoms with Crippen LogP contribution in [0, 0.1) is 0 Å². The Morgan fingerprint density at radius 1 is 1.11 bits per heavy atom. The van der Waals surface area contributed by atoms with Crippen LogP contribution in [0.5, 0.6) is 0 Å². The number of nitrogens with one attached hydrogen (secondary N) is 1. The molecule has 1 fully saturated rings. The summed E-state index contributed by atoms with van der Waals surface area (Å²) in [6, 6.07) is 8.81.